The minimum atomic E-state index is -0.841. The van der Waals surface area contributed by atoms with E-state index in [1.165, 1.54) is 4.73 Å². The molecule has 0 saturated carbocycles. The van der Waals surface area contributed by atoms with Crippen LogP contribution in [0.2, 0.25) is 0 Å². The molecule has 0 radical (unpaired) electrons. The summed E-state index contributed by atoms with van der Waals surface area (Å²) in [5, 5.41) is 0. The van der Waals surface area contributed by atoms with Crippen LogP contribution in [0.4, 0.5) is 4.79 Å². The molecule has 0 bridgehead atoms. The van der Waals surface area contributed by atoms with Gasteiger partial charge in [0.2, 0.25) is 0 Å². The van der Waals surface area contributed by atoms with E-state index in [0.29, 0.717) is 0 Å². The maximum Gasteiger partial charge on any atom is 0.428 e. The van der Waals surface area contributed by atoms with E-state index in [1.807, 2.05) is 0 Å². The maximum absolute atomic E-state index is 10.0. The van der Waals surface area contributed by atoms with Crippen molar-refractivity contribution in [1.29, 1.82) is 0 Å². The molecule has 0 fully saturated rings. The third-order valence-corrected chi connectivity index (χ3v) is 0.823. The molecule has 0 unspecified atom stereocenters. The Morgan fingerprint density at radius 2 is 2.00 bits per heavy atom. The average Bonchev–Trinajstić information content (AvgIpc) is 2.15. The average molecular weight is 146 g/mol. The van der Waals surface area contributed by atoms with Gasteiger partial charge in [0.1, 0.15) is 0 Å². The molecule has 1 aromatic heterocycles. The summed E-state index contributed by atoms with van der Waals surface area (Å²) in [5.41, 5.74) is -0.841. The van der Waals surface area contributed by atoms with E-state index in [1.54, 1.807) is 24.5 Å². The summed E-state index contributed by atoms with van der Waals surface area (Å²) in [5.74, 6) is 0. The van der Waals surface area contributed by atoms with Crippen LogP contribution < -0.4 is 4.84 Å². The predicted molar refractivity (Wildman–Crippen MR) is 32.3 cm³/mol. The standard InChI is InChI=1S/C5H4ClNO2/c6-5(8)9-7-3-1-2-4-7/h1-4H. The molecule has 1 heterocycles. The maximum atomic E-state index is 10.0. The topological polar surface area (TPSA) is 31.2 Å². The fraction of sp³-hybridized carbons (Fsp3) is 0. The molecule has 0 saturated heterocycles. The Morgan fingerprint density at radius 3 is 2.44 bits per heavy atom. The van der Waals surface area contributed by atoms with Crippen molar-refractivity contribution in [2.24, 2.45) is 0 Å². The first kappa shape index (κ1) is 6.16. The van der Waals surface area contributed by atoms with Gasteiger partial charge in [0.05, 0.1) is 0 Å². The molecule has 1 aromatic rings. The van der Waals surface area contributed by atoms with Crippen molar-refractivity contribution >= 4 is 17.0 Å². The zero-order chi connectivity index (χ0) is 6.69. The lowest BCUT2D eigenvalue weighted by atomic mass is 10.7. The number of halogens is 1. The van der Waals surface area contributed by atoms with Gasteiger partial charge >= 0.3 is 5.43 Å². The summed E-state index contributed by atoms with van der Waals surface area (Å²) in [4.78, 5) is 14.4. The molecule has 9 heavy (non-hydrogen) atoms. The second-order valence-corrected chi connectivity index (χ2v) is 1.68. The van der Waals surface area contributed by atoms with Crippen molar-refractivity contribution in [2.75, 3.05) is 0 Å². The van der Waals surface area contributed by atoms with E-state index < -0.39 is 5.43 Å². The van der Waals surface area contributed by atoms with Gasteiger partial charge in [0.25, 0.3) is 0 Å². The van der Waals surface area contributed by atoms with Gasteiger partial charge in [-0.15, -0.1) is 0 Å². The number of aromatic nitrogens is 1. The van der Waals surface area contributed by atoms with Gasteiger partial charge in [-0.3, -0.25) is 0 Å². The van der Waals surface area contributed by atoms with Crippen molar-refractivity contribution in [3.63, 3.8) is 0 Å². The Bertz CT molecular complexity index is 195. The van der Waals surface area contributed by atoms with Crippen LogP contribution in [0.3, 0.4) is 0 Å². The molecule has 0 aliphatic heterocycles. The zero-order valence-corrected chi connectivity index (χ0v) is 5.21. The summed E-state index contributed by atoms with van der Waals surface area (Å²) < 4.78 is 1.22. The van der Waals surface area contributed by atoms with E-state index in [2.05, 4.69) is 4.84 Å². The molecule has 0 spiro atoms. The fourth-order valence-corrected chi connectivity index (χ4v) is 0.542. The summed E-state index contributed by atoms with van der Waals surface area (Å²) in [6.45, 7) is 0. The predicted octanol–water partition coefficient (Wildman–Crippen LogP) is 1.28. The normalized spacial score (nSPS) is 9.00. The van der Waals surface area contributed by atoms with Crippen molar-refractivity contribution in [1.82, 2.24) is 4.73 Å². The molecular formula is C5H4ClNO2. The van der Waals surface area contributed by atoms with Gasteiger partial charge in [-0.1, -0.05) is 0 Å². The molecular weight excluding hydrogens is 142 g/mol. The van der Waals surface area contributed by atoms with Gasteiger partial charge in [-0.25, -0.2) is 4.79 Å². The first-order chi connectivity index (χ1) is 4.29. The number of carbonyl (C=O) groups excluding carboxylic acids is 1. The number of nitrogens with zero attached hydrogens (tertiary/aromatic N) is 1. The molecule has 0 aromatic carbocycles. The van der Waals surface area contributed by atoms with E-state index in [0.717, 1.165) is 0 Å². The van der Waals surface area contributed by atoms with Gasteiger partial charge < -0.3 is 4.84 Å². The fourth-order valence-electron chi connectivity index (χ4n) is 0.462. The van der Waals surface area contributed by atoms with Crippen molar-refractivity contribution in [2.45, 2.75) is 0 Å². The summed E-state index contributed by atoms with van der Waals surface area (Å²) >= 11 is 4.89. The van der Waals surface area contributed by atoms with Crippen LogP contribution in [-0.2, 0) is 0 Å². The van der Waals surface area contributed by atoms with Crippen LogP contribution in [0.1, 0.15) is 0 Å². The molecule has 0 aliphatic rings. The quantitative estimate of drug-likeness (QED) is 0.558. The van der Waals surface area contributed by atoms with Crippen molar-refractivity contribution in [3.05, 3.63) is 24.5 Å². The molecule has 0 N–H and O–H groups in total. The number of hydrogen-bond acceptors (Lipinski definition) is 2. The number of rotatable bonds is 1. The van der Waals surface area contributed by atoms with Crippen LogP contribution in [-0.4, -0.2) is 10.2 Å². The van der Waals surface area contributed by atoms with Gasteiger partial charge in [0.15, 0.2) is 0 Å². The summed E-state index contributed by atoms with van der Waals surface area (Å²) in [6.07, 6.45) is 3.14. The van der Waals surface area contributed by atoms with E-state index in [4.69, 9.17) is 11.6 Å². The molecule has 3 nitrogen and oxygen atoms in total. The van der Waals surface area contributed by atoms with E-state index >= 15 is 0 Å². The van der Waals surface area contributed by atoms with Crippen LogP contribution in [0.15, 0.2) is 24.5 Å². The summed E-state index contributed by atoms with van der Waals surface area (Å²) in [7, 11) is 0. The van der Waals surface area contributed by atoms with Gasteiger partial charge in [-0.2, -0.15) is 4.73 Å². The molecule has 4 heteroatoms. The highest BCUT2D eigenvalue weighted by atomic mass is 35.5. The first-order valence-corrected chi connectivity index (χ1v) is 2.67. The smallest absolute Gasteiger partial charge is 0.322 e. The first-order valence-electron chi connectivity index (χ1n) is 2.30. The lowest BCUT2D eigenvalue weighted by Gasteiger charge is -1.95. The molecule has 0 atom stereocenters. The Balaban J connectivity index is 2.58. The summed E-state index contributed by atoms with van der Waals surface area (Å²) in [6, 6.07) is 3.44. The third kappa shape index (κ3) is 1.77. The minimum Gasteiger partial charge on any atom is -0.322 e. The van der Waals surface area contributed by atoms with Gasteiger partial charge in [0, 0.05) is 24.0 Å². The third-order valence-electron chi connectivity index (χ3n) is 0.754. The van der Waals surface area contributed by atoms with Crippen molar-refractivity contribution < 1.29 is 9.63 Å². The van der Waals surface area contributed by atoms with Crippen molar-refractivity contribution in [3.8, 4) is 0 Å². The van der Waals surface area contributed by atoms with Crippen LogP contribution in [0, 0.1) is 0 Å². The van der Waals surface area contributed by atoms with Crippen LogP contribution in [0.25, 0.3) is 0 Å². The lowest BCUT2D eigenvalue weighted by Crippen LogP contribution is -2.10. The Hall–Kier alpha value is -0.960. The molecule has 48 valence electrons. The van der Waals surface area contributed by atoms with E-state index in [-0.39, 0.29) is 0 Å². The number of carbonyl (C=O) groups is 1. The monoisotopic (exact) mass is 145 g/mol. The lowest BCUT2D eigenvalue weighted by molar-refractivity contribution is 0.159. The molecule has 0 amide bonds. The Labute approximate surface area is 56.7 Å². The SMILES string of the molecule is O=C(Cl)On1cccc1. The largest absolute Gasteiger partial charge is 0.428 e. The zero-order valence-electron chi connectivity index (χ0n) is 4.45. The molecule has 0 aliphatic carbocycles. The minimum absolute atomic E-state index is 0.841. The number of hydrogen-bond donors (Lipinski definition) is 0. The second-order valence-electron chi connectivity index (χ2n) is 1.37. The molecule has 1 rings (SSSR count). The highest BCUT2D eigenvalue weighted by Crippen LogP contribution is 1.88. The van der Waals surface area contributed by atoms with E-state index in [9.17, 15) is 4.79 Å². The van der Waals surface area contributed by atoms with Crippen LogP contribution in [0.5, 0.6) is 0 Å². The Kier molecular flexibility index (Phi) is 1.75. The van der Waals surface area contributed by atoms with Crippen LogP contribution >= 0.6 is 11.6 Å². The highest BCUT2D eigenvalue weighted by Gasteiger charge is 1.93. The Morgan fingerprint density at radius 1 is 1.44 bits per heavy atom. The highest BCUT2D eigenvalue weighted by molar-refractivity contribution is 6.61. The van der Waals surface area contributed by atoms with Gasteiger partial charge in [-0.05, 0) is 12.1 Å². The second kappa shape index (κ2) is 2.55.